The summed E-state index contributed by atoms with van der Waals surface area (Å²) < 4.78 is 0. The maximum Gasteiger partial charge on any atom is 0.159 e. The molecule has 3 rings (SSSR count). The van der Waals surface area contributed by atoms with E-state index in [1.54, 1.807) is 0 Å². The Morgan fingerprint density at radius 1 is 1.24 bits per heavy atom. The number of hydrogen-bond acceptors (Lipinski definition) is 4. The van der Waals surface area contributed by atoms with Gasteiger partial charge < -0.3 is 10.2 Å². The van der Waals surface area contributed by atoms with E-state index in [4.69, 9.17) is 0 Å². The monoisotopic (exact) mass is 284 g/mol. The maximum absolute atomic E-state index is 4.39. The number of anilines is 1. The van der Waals surface area contributed by atoms with Crippen molar-refractivity contribution >= 4 is 16.6 Å². The summed E-state index contributed by atoms with van der Waals surface area (Å²) in [5, 5.41) is 14.5. The molecule has 2 heterocycles. The topological polar surface area (TPSA) is 41.0 Å². The van der Waals surface area contributed by atoms with Gasteiger partial charge in [-0.05, 0) is 38.3 Å². The Labute approximate surface area is 126 Å². The summed E-state index contributed by atoms with van der Waals surface area (Å²) in [7, 11) is 0. The van der Waals surface area contributed by atoms with Crippen molar-refractivity contribution in [3.63, 3.8) is 0 Å². The SMILES string of the molecule is CCCNCC1CCN(c2nncc3ccccc23)CC1. The minimum absolute atomic E-state index is 0.802. The van der Waals surface area contributed by atoms with Crippen molar-refractivity contribution in [2.24, 2.45) is 5.92 Å². The Hall–Kier alpha value is -1.68. The molecule has 0 bridgehead atoms. The van der Waals surface area contributed by atoms with Crippen LogP contribution in [0.1, 0.15) is 26.2 Å². The van der Waals surface area contributed by atoms with Crippen LogP contribution in [0.4, 0.5) is 5.82 Å². The minimum atomic E-state index is 0.802. The number of rotatable bonds is 5. The van der Waals surface area contributed by atoms with Crippen molar-refractivity contribution in [3.8, 4) is 0 Å². The normalized spacial score (nSPS) is 16.5. The molecule has 1 aliphatic heterocycles. The van der Waals surface area contributed by atoms with Crippen molar-refractivity contribution in [1.82, 2.24) is 15.5 Å². The molecule has 4 nitrogen and oxygen atoms in total. The van der Waals surface area contributed by atoms with Crippen LogP contribution in [0.2, 0.25) is 0 Å². The lowest BCUT2D eigenvalue weighted by atomic mass is 9.96. The van der Waals surface area contributed by atoms with Crippen LogP contribution in [0.15, 0.2) is 30.5 Å². The van der Waals surface area contributed by atoms with Crippen molar-refractivity contribution in [2.75, 3.05) is 31.1 Å². The van der Waals surface area contributed by atoms with Crippen LogP contribution in [0.3, 0.4) is 0 Å². The number of aromatic nitrogens is 2. The smallest absolute Gasteiger partial charge is 0.159 e. The van der Waals surface area contributed by atoms with Gasteiger partial charge in [-0.25, -0.2) is 0 Å². The van der Waals surface area contributed by atoms with Crippen LogP contribution >= 0.6 is 0 Å². The highest BCUT2D eigenvalue weighted by atomic mass is 15.3. The summed E-state index contributed by atoms with van der Waals surface area (Å²) in [6.45, 7) is 6.68. The van der Waals surface area contributed by atoms with E-state index in [2.05, 4.69) is 51.6 Å². The van der Waals surface area contributed by atoms with Gasteiger partial charge in [-0.1, -0.05) is 31.2 Å². The van der Waals surface area contributed by atoms with Gasteiger partial charge in [-0.3, -0.25) is 0 Å². The average molecular weight is 284 g/mol. The summed E-state index contributed by atoms with van der Waals surface area (Å²) in [5.41, 5.74) is 0. The predicted molar refractivity (Wildman–Crippen MR) is 87.6 cm³/mol. The molecular weight excluding hydrogens is 260 g/mol. The van der Waals surface area contributed by atoms with Crippen LogP contribution < -0.4 is 10.2 Å². The fourth-order valence-electron chi connectivity index (χ4n) is 3.08. The van der Waals surface area contributed by atoms with Crippen LogP contribution in [-0.2, 0) is 0 Å². The highest BCUT2D eigenvalue weighted by Gasteiger charge is 2.21. The third-order valence-corrected chi connectivity index (χ3v) is 4.32. The molecule has 1 aliphatic rings. The van der Waals surface area contributed by atoms with Crippen molar-refractivity contribution in [3.05, 3.63) is 30.5 Å². The average Bonchev–Trinajstić information content (AvgIpc) is 2.55. The van der Waals surface area contributed by atoms with E-state index < -0.39 is 0 Å². The van der Waals surface area contributed by atoms with Gasteiger partial charge in [0.25, 0.3) is 0 Å². The number of fused-ring (bicyclic) bond motifs is 1. The Morgan fingerprint density at radius 3 is 2.86 bits per heavy atom. The summed E-state index contributed by atoms with van der Waals surface area (Å²) in [6, 6.07) is 8.39. The predicted octanol–water partition coefficient (Wildman–Crippen LogP) is 2.85. The van der Waals surface area contributed by atoms with Crippen LogP contribution in [0.25, 0.3) is 10.8 Å². The largest absolute Gasteiger partial charge is 0.355 e. The molecule has 1 fully saturated rings. The number of hydrogen-bond donors (Lipinski definition) is 1. The van der Waals surface area contributed by atoms with E-state index >= 15 is 0 Å². The molecule has 0 spiro atoms. The van der Waals surface area contributed by atoms with Crippen LogP contribution in [-0.4, -0.2) is 36.4 Å². The Kier molecular flexibility index (Phi) is 4.65. The molecule has 0 aliphatic carbocycles. The molecule has 0 amide bonds. The fourth-order valence-corrected chi connectivity index (χ4v) is 3.08. The molecule has 0 unspecified atom stereocenters. The molecule has 1 aromatic carbocycles. The molecule has 112 valence electrons. The first-order valence-electron chi connectivity index (χ1n) is 8.04. The molecule has 21 heavy (non-hydrogen) atoms. The first-order chi connectivity index (χ1) is 10.4. The number of nitrogens with zero attached hydrogens (tertiary/aromatic N) is 3. The second-order valence-electron chi connectivity index (χ2n) is 5.89. The fraction of sp³-hybridized carbons (Fsp3) is 0.529. The lowest BCUT2D eigenvalue weighted by Crippen LogP contribution is -2.38. The quantitative estimate of drug-likeness (QED) is 0.857. The zero-order chi connectivity index (χ0) is 14.5. The standard InChI is InChI=1S/C17H24N4/c1-2-9-18-12-14-7-10-21(11-8-14)17-16-6-4-3-5-15(16)13-19-20-17/h3-6,13-14,18H,2,7-12H2,1H3. The number of benzene rings is 1. The second kappa shape index (κ2) is 6.85. The van der Waals surface area contributed by atoms with Crippen LogP contribution in [0, 0.1) is 5.92 Å². The summed E-state index contributed by atoms with van der Waals surface area (Å²) in [4.78, 5) is 2.39. The molecule has 2 aromatic rings. The number of piperidine rings is 1. The summed E-state index contributed by atoms with van der Waals surface area (Å²) in [6.07, 6.45) is 5.54. The minimum Gasteiger partial charge on any atom is -0.355 e. The molecule has 1 aromatic heterocycles. The van der Waals surface area contributed by atoms with Gasteiger partial charge in [0.05, 0.1) is 6.20 Å². The van der Waals surface area contributed by atoms with E-state index in [0.29, 0.717) is 0 Å². The lowest BCUT2D eigenvalue weighted by molar-refractivity contribution is 0.382. The molecule has 0 saturated carbocycles. The second-order valence-corrected chi connectivity index (χ2v) is 5.89. The van der Waals surface area contributed by atoms with E-state index in [1.807, 2.05) is 6.20 Å². The van der Waals surface area contributed by atoms with Gasteiger partial charge in [0.2, 0.25) is 0 Å². The summed E-state index contributed by atoms with van der Waals surface area (Å²) in [5.74, 6) is 1.85. The maximum atomic E-state index is 4.39. The zero-order valence-corrected chi connectivity index (χ0v) is 12.8. The van der Waals surface area contributed by atoms with Gasteiger partial charge >= 0.3 is 0 Å². The van der Waals surface area contributed by atoms with Crippen molar-refractivity contribution in [1.29, 1.82) is 0 Å². The molecule has 1 N–H and O–H groups in total. The Bertz CT molecular complexity index is 571. The highest BCUT2D eigenvalue weighted by Crippen LogP contribution is 2.27. The zero-order valence-electron chi connectivity index (χ0n) is 12.8. The molecule has 0 atom stereocenters. The van der Waals surface area contributed by atoms with E-state index in [1.165, 1.54) is 30.0 Å². The lowest BCUT2D eigenvalue weighted by Gasteiger charge is -2.33. The highest BCUT2D eigenvalue weighted by molar-refractivity contribution is 5.91. The number of nitrogens with one attached hydrogen (secondary N) is 1. The van der Waals surface area contributed by atoms with Gasteiger partial charge in [-0.15, -0.1) is 5.10 Å². The van der Waals surface area contributed by atoms with Gasteiger partial charge in [0.15, 0.2) is 5.82 Å². The Morgan fingerprint density at radius 2 is 2.05 bits per heavy atom. The van der Waals surface area contributed by atoms with Gasteiger partial charge in [0.1, 0.15) is 0 Å². The van der Waals surface area contributed by atoms with Crippen molar-refractivity contribution in [2.45, 2.75) is 26.2 Å². The van der Waals surface area contributed by atoms with E-state index in [-0.39, 0.29) is 0 Å². The molecule has 1 saturated heterocycles. The van der Waals surface area contributed by atoms with Gasteiger partial charge in [-0.2, -0.15) is 5.10 Å². The van der Waals surface area contributed by atoms with Crippen LogP contribution in [0.5, 0.6) is 0 Å². The van der Waals surface area contributed by atoms with E-state index in [0.717, 1.165) is 37.9 Å². The molecular formula is C17H24N4. The van der Waals surface area contributed by atoms with E-state index in [9.17, 15) is 0 Å². The summed E-state index contributed by atoms with van der Waals surface area (Å²) >= 11 is 0. The third kappa shape index (κ3) is 3.32. The molecule has 4 heteroatoms. The first-order valence-corrected chi connectivity index (χ1v) is 8.04. The third-order valence-electron chi connectivity index (χ3n) is 4.32. The van der Waals surface area contributed by atoms with Crippen molar-refractivity contribution < 1.29 is 0 Å². The van der Waals surface area contributed by atoms with Gasteiger partial charge in [0, 0.05) is 23.9 Å². The molecule has 0 radical (unpaired) electrons. The Balaban J connectivity index is 1.66. The first kappa shape index (κ1) is 14.3.